The Hall–Kier alpha value is -0.770. The predicted molar refractivity (Wildman–Crippen MR) is 162 cm³/mol. The van der Waals surface area contributed by atoms with Crippen LogP contribution in [0.5, 0.6) is 0 Å². The Labute approximate surface area is 240 Å². The summed E-state index contributed by atoms with van der Waals surface area (Å²) in [6.07, 6.45) is 12.8. The highest BCUT2D eigenvalue weighted by molar-refractivity contribution is 5.76. The van der Waals surface area contributed by atoms with Gasteiger partial charge in [-0.1, -0.05) is 33.1 Å². The lowest BCUT2D eigenvalue weighted by atomic mass is 9.86. The average molecular weight is 554 g/mol. The van der Waals surface area contributed by atoms with Crippen molar-refractivity contribution in [2.75, 3.05) is 85.6 Å². The van der Waals surface area contributed by atoms with Gasteiger partial charge in [0, 0.05) is 32.6 Å². The summed E-state index contributed by atoms with van der Waals surface area (Å²) in [5, 5.41) is 25.2. The van der Waals surface area contributed by atoms with Crippen LogP contribution in [0.3, 0.4) is 0 Å². The molecule has 2 aliphatic heterocycles. The molecule has 0 aromatic carbocycles. The second-order valence-electron chi connectivity index (χ2n) is 12.7. The summed E-state index contributed by atoms with van der Waals surface area (Å²) in [6.45, 7) is 15.0. The van der Waals surface area contributed by atoms with Crippen molar-refractivity contribution in [2.45, 2.75) is 90.6 Å². The Morgan fingerprint density at radius 2 is 1.51 bits per heavy atom. The van der Waals surface area contributed by atoms with Gasteiger partial charge in [-0.15, -0.1) is 0 Å². The van der Waals surface area contributed by atoms with Crippen molar-refractivity contribution in [1.82, 2.24) is 25.3 Å². The van der Waals surface area contributed by atoms with Gasteiger partial charge in [-0.3, -0.25) is 9.69 Å². The number of amides is 1. The van der Waals surface area contributed by atoms with Crippen LogP contribution in [0.4, 0.5) is 0 Å². The number of hydrogen-bond donors (Lipinski definition) is 4. The first-order valence-corrected chi connectivity index (χ1v) is 16.3. The Bertz CT molecular complexity index is 607. The molecule has 1 atom stereocenters. The Morgan fingerprint density at radius 1 is 0.897 bits per heavy atom. The van der Waals surface area contributed by atoms with Gasteiger partial charge < -0.3 is 30.6 Å². The van der Waals surface area contributed by atoms with E-state index in [0.717, 1.165) is 63.3 Å². The molecule has 0 spiro atoms. The van der Waals surface area contributed by atoms with Crippen molar-refractivity contribution >= 4 is 5.91 Å². The lowest BCUT2D eigenvalue weighted by Gasteiger charge is -2.34. The maximum Gasteiger partial charge on any atom is 0.221 e. The summed E-state index contributed by atoms with van der Waals surface area (Å²) in [5.74, 6) is 2.75. The monoisotopic (exact) mass is 553 g/mol. The van der Waals surface area contributed by atoms with Gasteiger partial charge in [-0.2, -0.15) is 0 Å². The van der Waals surface area contributed by atoms with Gasteiger partial charge in [0.2, 0.25) is 5.91 Å². The van der Waals surface area contributed by atoms with Crippen LogP contribution in [0.15, 0.2) is 0 Å². The zero-order valence-corrected chi connectivity index (χ0v) is 25.7. The maximum atomic E-state index is 12.4. The minimum absolute atomic E-state index is 0.116. The summed E-state index contributed by atoms with van der Waals surface area (Å²) in [7, 11) is 1.95. The van der Waals surface area contributed by atoms with Gasteiger partial charge in [0.25, 0.3) is 0 Å². The third-order valence-corrected chi connectivity index (χ3v) is 8.90. The van der Waals surface area contributed by atoms with Crippen LogP contribution in [-0.4, -0.2) is 123 Å². The first-order chi connectivity index (χ1) is 18.9. The predicted octanol–water partition coefficient (Wildman–Crippen LogP) is 2.79. The highest BCUT2D eigenvalue weighted by Crippen LogP contribution is 2.27. The molecule has 0 radical (unpaired) electrons. The van der Waals surface area contributed by atoms with Crippen molar-refractivity contribution in [3.05, 3.63) is 0 Å². The van der Waals surface area contributed by atoms with Crippen LogP contribution in [0.2, 0.25) is 0 Å². The fourth-order valence-electron chi connectivity index (χ4n) is 6.12. The van der Waals surface area contributed by atoms with Gasteiger partial charge in [-0.25, -0.2) is 0 Å². The standard InChI is InChI=1S/C31H63N5O3/c1-27(2)9-18-34-19-10-28(11-20-34)7-6-8-29-12-21-35(22-13-29)23-14-31(39)33-16-24-36(25-30(38)26-37)17-5-4-15-32-3/h27-30,32,37-38H,4-26H2,1-3H3,(H,33,39). The summed E-state index contributed by atoms with van der Waals surface area (Å²) in [5.41, 5.74) is 0. The quantitative estimate of drug-likeness (QED) is 0.163. The number of unbranched alkanes of at least 4 members (excludes halogenated alkanes) is 1. The minimum Gasteiger partial charge on any atom is -0.394 e. The second kappa shape index (κ2) is 21.0. The first kappa shape index (κ1) is 34.4. The number of carbonyl (C=O) groups is 1. The first-order valence-electron chi connectivity index (χ1n) is 16.3. The number of piperidine rings is 2. The highest BCUT2D eigenvalue weighted by atomic mass is 16.3. The number of carbonyl (C=O) groups excluding carboxylic acids is 1. The van der Waals surface area contributed by atoms with E-state index in [4.69, 9.17) is 0 Å². The fraction of sp³-hybridized carbons (Fsp3) is 0.968. The van der Waals surface area contributed by atoms with Gasteiger partial charge >= 0.3 is 0 Å². The van der Waals surface area contributed by atoms with E-state index in [-0.39, 0.29) is 12.5 Å². The molecule has 0 aliphatic carbocycles. The SMILES string of the molecule is CNCCCCN(CCNC(=O)CCN1CCC(CCCC2CCN(CCC(C)C)CC2)CC1)CC(O)CO. The van der Waals surface area contributed by atoms with Crippen molar-refractivity contribution in [3.63, 3.8) is 0 Å². The Morgan fingerprint density at radius 3 is 2.08 bits per heavy atom. The number of nitrogens with zero attached hydrogens (tertiary/aromatic N) is 3. The molecule has 0 aromatic rings. The number of rotatable bonds is 21. The second-order valence-corrected chi connectivity index (χ2v) is 12.7. The Balaban J connectivity index is 1.50. The van der Waals surface area contributed by atoms with Crippen LogP contribution < -0.4 is 10.6 Å². The molecule has 0 saturated carbocycles. The minimum atomic E-state index is -0.731. The lowest BCUT2D eigenvalue weighted by molar-refractivity contribution is -0.121. The number of hydrogen-bond acceptors (Lipinski definition) is 7. The fourth-order valence-corrected chi connectivity index (χ4v) is 6.12. The molecule has 2 fully saturated rings. The third-order valence-electron chi connectivity index (χ3n) is 8.90. The largest absolute Gasteiger partial charge is 0.394 e. The van der Waals surface area contributed by atoms with Crippen molar-refractivity contribution in [1.29, 1.82) is 0 Å². The molecule has 0 aromatic heterocycles. The van der Waals surface area contributed by atoms with Crippen molar-refractivity contribution in [3.8, 4) is 0 Å². The van der Waals surface area contributed by atoms with Crippen LogP contribution in [0, 0.1) is 17.8 Å². The molecule has 2 rings (SSSR count). The smallest absolute Gasteiger partial charge is 0.221 e. The van der Waals surface area contributed by atoms with Crippen molar-refractivity contribution < 1.29 is 15.0 Å². The zero-order chi connectivity index (χ0) is 28.3. The van der Waals surface area contributed by atoms with E-state index < -0.39 is 6.10 Å². The van der Waals surface area contributed by atoms with E-state index in [9.17, 15) is 15.0 Å². The van der Waals surface area contributed by atoms with Crippen LogP contribution in [-0.2, 0) is 4.79 Å². The Kier molecular flexibility index (Phi) is 18.5. The number of aliphatic hydroxyl groups is 2. The molecule has 0 bridgehead atoms. The van der Waals surface area contributed by atoms with Gasteiger partial charge in [-0.05, 0) is 116 Å². The molecule has 1 unspecified atom stereocenters. The normalized spacial score (nSPS) is 19.3. The van der Waals surface area contributed by atoms with Crippen LogP contribution >= 0.6 is 0 Å². The molecular formula is C31H63N5O3. The van der Waals surface area contributed by atoms with E-state index in [1.165, 1.54) is 71.0 Å². The molecular weight excluding hydrogens is 490 g/mol. The summed E-state index contributed by atoms with van der Waals surface area (Å²) in [4.78, 5) is 19.7. The molecule has 8 heteroatoms. The molecule has 2 saturated heterocycles. The maximum absolute atomic E-state index is 12.4. The van der Waals surface area contributed by atoms with Crippen molar-refractivity contribution in [2.24, 2.45) is 17.8 Å². The lowest BCUT2D eigenvalue weighted by Crippen LogP contribution is -2.41. The van der Waals surface area contributed by atoms with E-state index in [1.807, 2.05) is 7.05 Å². The van der Waals surface area contributed by atoms with E-state index in [0.29, 0.717) is 26.1 Å². The molecule has 2 aliphatic rings. The molecule has 230 valence electrons. The van der Waals surface area contributed by atoms with Crippen LogP contribution in [0.25, 0.3) is 0 Å². The molecule has 8 nitrogen and oxygen atoms in total. The molecule has 2 heterocycles. The summed E-state index contributed by atoms with van der Waals surface area (Å²) < 4.78 is 0. The number of aliphatic hydroxyl groups excluding tert-OH is 2. The molecule has 1 amide bonds. The van der Waals surface area contributed by atoms with Crippen LogP contribution in [0.1, 0.15) is 84.5 Å². The topological polar surface area (TPSA) is 91.3 Å². The molecule has 4 N–H and O–H groups in total. The number of nitrogens with one attached hydrogen (secondary N) is 2. The van der Waals surface area contributed by atoms with E-state index >= 15 is 0 Å². The van der Waals surface area contributed by atoms with Gasteiger partial charge in [0.1, 0.15) is 0 Å². The van der Waals surface area contributed by atoms with E-state index in [1.54, 1.807) is 0 Å². The average Bonchev–Trinajstić information content (AvgIpc) is 2.94. The number of likely N-dealkylation sites (tertiary alicyclic amines) is 2. The third kappa shape index (κ3) is 16.3. The van der Waals surface area contributed by atoms with Gasteiger partial charge in [0.05, 0.1) is 12.7 Å². The zero-order valence-electron chi connectivity index (χ0n) is 25.7. The van der Waals surface area contributed by atoms with E-state index in [2.05, 4.69) is 39.2 Å². The van der Waals surface area contributed by atoms with Gasteiger partial charge in [0.15, 0.2) is 0 Å². The molecule has 39 heavy (non-hydrogen) atoms. The summed E-state index contributed by atoms with van der Waals surface area (Å²) >= 11 is 0. The summed E-state index contributed by atoms with van der Waals surface area (Å²) in [6, 6.07) is 0. The highest BCUT2D eigenvalue weighted by Gasteiger charge is 2.22.